The third-order valence-corrected chi connectivity index (χ3v) is 3.14. The molecule has 1 rings (SSSR count). The molecule has 15 heavy (non-hydrogen) atoms. The van der Waals surface area contributed by atoms with E-state index in [-0.39, 0.29) is 0 Å². The van der Waals surface area contributed by atoms with Crippen molar-refractivity contribution in [3.05, 3.63) is 28.8 Å². The van der Waals surface area contributed by atoms with Gasteiger partial charge in [0.05, 0.1) is 12.1 Å². The minimum Gasteiger partial charge on any atom is -0.467 e. The summed E-state index contributed by atoms with van der Waals surface area (Å²) < 4.78 is 4.43. The Hall–Kier alpha value is -0.710. The molecule has 0 saturated carbocycles. The summed E-state index contributed by atoms with van der Waals surface area (Å²) in [6.07, 6.45) is 0.626. The van der Waals surface area contributed by atoms with Gasteiger partial charge in [-0.2, -0.15) is 0 Å². The second-order valence-corrected chi connectivity index (χ2v) is 4.07. The molecule has 0 aliphatic heterocycles. The Labute approximate surface area is 97.4 Å². The molecule has 1 atom stereocenters. The van der Waals surface area contributed by atoms with Crippen molar-refractivity contribution in [2.45, 2.75) is 11.0 Å². The van der Waals surface area contributed by atoms with E-state index in [2.05, 4.69) is 4.74 Å². The molecule has 5 heteroatoms. The third-order valence-electron chi connectivity index (χ3n) is 1.92. The number of halogens is 1. The summed E-state index contributed by atoms with van der Waals surface area (Å²) in [6.45, 7) is 0. The van der Waals surface area contributed by atoms with E-state index < -0.39 is 12.1 Å². The van der Waals surface area contributed by atoms with E-state index in [1.165, 1.54) is 18.9 Å². The quantitative estimate of drug-likeness (QED) is 0.657. The van der Waals surface area contributed by atoms with Crippen molar-refractivity contribution in [3.63, 3.8) is 0 Å². The standard InChI is InChI=1S/C10H11ClO3S/c1-14-10(13)9(12)6-3-4-8(15-2)7(11)5-6/h3-5,9,12H,1-2H3. The molecule has 0 aromatic heterocycles. The number of aliphatic hydroxyl groups is 1. The van der Waals surface area contributed by atoms with Crippen LogP contribution in [0.5, 0.6) is 0 Å². The lowest BCUT2D eigenvalue weighted by Gasteiger charge is -2.10. The second-order valence-electron chi connectivity index (χ2n) is 2.82. The van der Waals surface area contributed by atoms with Crippen molar-refractivity contribution < 1.29 is 14.6 Å². The SMILES string of the molecule is COC(=O)C(O)c1ccc(SC)c(Cl)c1. The molecule has 0 bridgehead atoms. The first kappa shape index (κ1) is 12.4. The smallest absolute Gasteiger partial charge is 0.339 e. The Morgan fingerprint density at radius 3 is 2.73 bits per heavy atom. The fourth-order valence-electron chi connectivity index (χ4n) is 1.10. The molecule has 0 radical (unpaired) electrons. The average molecular weight is 247 g/mol. The Bertz CT molecular complexity index is 368. The van der Waals surface area contributed by atoms with E-state index >= 15 is 0 Å². The topological polar surface area (TPSA) is 46.5 Å². The summed E-state index contributed by atoms with van der Waals surface area (Å²) in [5, 5.41) is 10.1. The number of methoxy groups -OCH3 is 1. The van der Waals surface area contributed by atoms with E-state index in [4.69, 9.17) is 11.6 Å². The number of ether oxygens (including phenoxy) is 1. The zero-order valence-corrected chi connectivity index (χ0v) is 9.93. The van der Waals surface area contributed by atoms with Crippen molar-refractivity contribution >= 4 is 29.3 Å². The largest absolute Gasteiger partial charge is 0.467 e. The number of hydrogen-bond donors (Lipinski definition) is 1. The number of carbonyl (C=O) groups is 1. The Morgan fingerprint density at radius 1 is 1.60 bits per heavy atom. The van der Waals surface area contributed by atoms with Gasteiger partial charge in [-0.3, -0.25) is 0 Å². The Morgan fingerprint density at radius 2 is 2.27 bits per heavy atom. The fraction of sp³-hybridized carbons (Fsp3) is 0.300. The van der Waals surface area contributed by atoms with Gasteiger partial charge in [-0.05, 0) is 24.0 Å². The predicted molar refractivity (Wildman–Crippen MR) is 60.2 cm³/mol. The van der Waals surface area contributed by atoms with Gasteiger partial charge in [0.1, 0.15) is 0 Å². The van der Waals surface area contributed by atoms with Crippen LogP contribution in [0.3, 0.4) is 0 Å². The van der Waals surface area contributed by atoms with Crippen molar-refractivity contribution in [3.8, 4) is 0 Å². The maximum Gasteiger partial charge on any atom is 0.339 e. The third kappa shape index (κ3) is 2.87. The van der Waals surface area contributed by atoms with Gasteiger partial charge in [-0.25, -0.2) is 4.79 Å². The molecule has 0 saturated heterocycles. The first-order valence-corrected chi connectivity index (χ1v) is 5.79. The van der Waals surface area contributed by atoms with Crippen molar-refractivity contribution in [1.29, 1.82) is 0 Å². The number of rotatable bonds is 3. The summed E-state index contributed by atoms with van der Waals surface area (Å²) in [5.74, 6) is -0.692. The summed E-state index contributed by atoms with van der Waals surface area (Å²) in [7, 11) is 1.23. The van der Waals surface area contributed by atoms with E-state index in [1.807, 2.05) is 6.26 Å². The average Bonchev–Trinajstić information content (AvgIpc) is 2.26. The second kappa shape index (κ2) is 5.39. The molecule has 0 aliphatic carbocycles. The van der Waals surface area contributed by atoms with Gasteiger partial charge in [-0.1, -0.05) is 17.7 Å². The molecule has 1 aromatic carbocycles. The predicted octanol–water partition coefficient (Wildman–Crippen LogP) is 2.27. The highest BCUT2D eigenvalue weighted by Gasteiger charge is 2.18. The van der Waals surface area contributed by atoms with Crippen LogP contribution in [0.1, 0.15) is 11.7 Å². The van der Waals surface area contributed by atoms with Crippen LogP contribution in [-0.4, -0.2) is 24.4 Å². The number of esters is 1. The van der Waals surface area contributed by atoms with Crippen molar-refractivity contribution in [1.82, 2.24) is 0 Å². The maximum absolute atomic E-state index is 11.1. The number of benzene rings is 1. The highest BCUT2D eigenvalue weighted by atomic mass is 35.5. The van der Waals surface area contributed by atoms with Gasteiger partial charge in [0.15, 0.2) is 6.10 Å². The minimum absolute atomic E-state index is 0.435. The molecule has 0 amide bonds. The molecule has 0 fully saturated rings. The molecule has 0 heterocycles. The highest BCUT2D eigenvalue weighted by molar-refractivity contribution is 7.98. The summed E-state index contributed by atoms with van der Waals surface area (Å²) in [4.78, 5) is 12.0. The van der Waals surface area contributed by atoms with Gasteiger partial charge in [0, 0.05) is 4.90 Å². The molecule has 1 aromatic rings. The minimum atomic E-state index is -1.27. The normalized spacial score (nSPS) is 12.3. The zero-order chi connectivity index (χ0) is 11.4. The summed E-state index contributed by atoms with van der Waals surface area (Å²) in [5.41, 5.74) is 0.435. The zero-order valence-electron chi connectivity index (χ0n) is 8.36. The molecule has 1 unspecified atom stereocenters. The van der Waals surface area contributed by atoms with E-state index in [9.17, 15) is 9.90 Å². The molecule has 0 aliphatic rings. The number of carbonyl (C=O) groups excluding carboxylic acids is 1. The van der Waals surface area contributed by atoms with E-state index in [0.29, 0.717) is 10.6 Å². The van der Waals surface area contributed by atoms with Crippen LogP contribution in [0.25, 0.3) is 0 Å². The van der Waals surface area contributed by atoms with E-state index in [1.54, 1.807) is 18.2 Å². The molecule has 0 spiro atoms. The van der Waals surface area contributed by atoms with Gasteiger partial charge in [0.25, 0.3) is 0 Å². The lowest BCUT2D eigenvalue weighted by molar-refractivity contribution is -0.150. The number of hydrogen-bond acceptors (Lipinski definition) is 4. The Kier molecular flexibility index (Phi) is 4.45. The molecule has 3 nitrogen and oxygen atoms in total. The van der Waals surface area contributed by atoms with Crippen LogP contribution in [0, 0.1) is 0 Å². The number of thioether (sulfide) groups is 1. The van der Waals surface area contributed by atoms with Crippen LogP contribution in [0.2, 0.25) is 5.02 Å². The molecular formula is C10H11ClO3S. The van der Waals surface area contributed by atoms with Crippen LogP contribution in [0.4, 0.5) is 0 Å². The van der Waals surface area contributed by atoms with Gasteiger partial charge < -0.3 is 9.84 Å². The maximum atomic E-state index is 11.1. The van der Waals surface area contributed by atoms with Gasteiger partial charge in [-0.15, -0.1) is 11.8 Å². The van der Waals surface area contributed by atoms with Crippen molar-refractivity contribution in [2.75, 3.05) is 13.4 Å². The molecular weight excluding hydrogens is 236 g/mol. The lowest BCUT2D eigenvalue weighted by Crippen LogP contribution is -2.13. The number of aliphatic hydroxyl groups excluding tert-OH is 1. The fourth-order valence-corrected chi connectivity index (χ4v) is 1.98. The van der Waals surface area contributed by atoms with Crippen LogP contribution in [0.15, 0.2) is 23.1 Å². The van der Waals surface area contributed by atoms with Gasteiger partial charge >= 0.3 is 5.97 Å². The Balaban J connectivity index is 2.97. The monoisotopic (exact) mass is 246 g/mol. The first-order chi connectivity index (χ1) is 7.10. The van der Waals surface area contributed by atoms with Crippen molar-refractivity contribution in [2.24, 2.45) is 0 Å². The van der Waals surface area contributed by atoms with Crippen LogP contribution >= 0.6 is 23.4 Å². The lowest BCUT2D eigenvalue weighted by atomic mass is 10.1. The van der Waals surface area contributed by atoms with Gasteiger partial charge in [0.2, 0.25) is 0 Å². The molecule has 1 N–H and O–H groups in total. The van der Waals surface area contributed by atoms with Crippen LogP contribution in [-0.2, 0) is 9.53 Å². The van der Waals surface area contributed by atoms with Crippen LogP contribution < -0.4 is 0 Å². The summed E-state index contributed by atoms with van der Waals surface area (Å²) >= 11 is 7.44. The first-order valence-electron chi connectivity index (χ1n) is 4.19. The highest BCUT2D eigenvalue weighted by Crippen LogP contribution is 2.28. The van der Waals surface area contributed by atoms with E-state index in [0.717, 1.165) is 4.90 Å². The molecule has 82 valence electrons. The summed E-state index contributed by atoms with van der Waals surface area (Å²) in [6, 6.07) is 4.97.